The predicted molar refractivity (Wildman–Crippen MR) is 46.0 cm³/mol. The molecule has 0 fully saturated rings. The zero-order valence-electron chi connectivity index (χ0n) is 7.79. The van der Waals surface area contributed by atoms with Crippen molar-refractivity contribution in [2.75, 3.05) is 13.1 Å². The van der Waals surface area contributed by atoms with Gasteiger partial charge in [0, 0.05) is 6.54 Å². The molecule has 72 valence electrons. The number of carboxylic acid groups (broad SMARTS) is 1. The van der Waals surface area contributed by atoms with E-state index in [-0.39, 0.29) is 12.5 Å². The van der Waals surface area contributed by atoms with Crippen molar-refractivity contribution in [3.8, 4) is 0 Å². The maximum Gasteiger partial charge on any atom is 0.317 e. The molecule has 4 nitrogen and oxygen atoms in total. The van der Waals surface area contributed by atoms with Gasteiger partial charge in [0.15, 0.2) is 0 Å². The number of hydrogen-bond donors (Lipinski definition) is 3. The summed E-state index contributed by atoms with van der Waals surface area (Å²) in [4.78, 5) is 10.1. The third-order valence-corrected chi connectivity index (χ3v) is 1.93. The van der Waals surface area contributed by atoms with Crippen LogP contribution < -0.4 is 5.32 Å². The number of rotatable bonds is 5. The molecule has 0 spiro atoms. The molecule has 0 aromatic rings. The summed E-state index contributed by atoms with van der Waals surface area (Å²) in [5.74, 6) is -0.838. The summed E-state index contributed by atoms with van der Waals surface area (Å²) in [6.45, 7) is 5.74. The average molecular weight is 175 g/mol. The molecule has 0 aromatic carbocycles. The fraction of sp³-hybridized carbons (Fsp3) is 0.875. The smallest absolute Gasteiger partial charge is 0.317 e. The zero-order valence-corrected chi connectivity index (χ0v) is 7.79. The van der Waals surface area contributed by atoms with Crippen LogP contribution in [0.4, 0.5) is 0 Å². The van der Waals surface area contributed by atoms with E-state index in [2.05, 4.69) is 5.32 Å². The predicted octanol–water partition coefficient (Wildman–Crippen LogP) is 0.0676. The van der Waals surface area contributed by atoms with Gasteiger partial charge in [-0.25, -0.2) is 0 Å². The molecule has 0 heterocycles. The second-order valence-electron chi connectivity index (χ2n) is 3.58. The van der Waals surface area contributed by atoms with E-state index in [1.54, 1.807) is 13.8 Å². The van der Waals surface area contributed by atoms with E-state index < -0.39 is 11.6 Å². The first kappa shape index (κ1) is 11.4. The summed E-state index contributed by atoms with van der Waals surface area (Å²) >= 11 is 0. The monoisotopic (exact) mass is 175 g/mol. The van der Waals surface area contributed by atoms with Crippen molar-refractivity contribution in [3.63, 3.8) is 0 Å². The highest BCUT2D eigenvalue weighted by molar-refractivity contribution is 5.68. The van der Waals surface area contributed by atoms with Gasteiger partial charge in [-0.1, -0.05) is 6.92 Å². The van der Waals surface area contributed by atoms with Gasteiger partial charge in [0.1, 0.15) is 0 Å². The van der Waals surface area contributed by atoms with E-state index in [4.69, 9.17) is 5.11 Å². The van der Waals surface area contributed by atoms with Gasteiger partial charge in [0.25, 0.3) is 0 Å². The average Bonchev–Trinajstić information content (AvgIpc) is 1.84. The van der Waals surface area contributed by atoms with Crippen molar-refractivity contribution in [1.29, 1.82) is 0 Å². The van der Waals surface area contributed by atoms with Gasteiger partial charge >= 0.3 is 5.97 Å². The van der Waals surface area contributed by atoms with Crippen LogP contribution in [0.3, 0.4) is 0 Å². The molecule has 0 aliphatic heterocycles. The molecule has 0 aliphatic carbocycles. The van der Waals surface area contributed by atoms with Crippen LogP contribution in [-0.4, -0.2) is 34.9 Å². The summed E-state index contributed by atoms with van der Waals surface area (Å²) in [7, 11) is 0. The maximum atomic E-state index is 10.1. The molecular formula is C8H17NO3. The van der Waals surface area contributed by atoms with Crippen LogP contribution in [0.15, 0.2) is 0 Å². The lowest BCUT2D eigenvalue weighted by atomic mass is 9.93. The summed E-state index contributed by atoms with van der Waals surface area (Å²) in [5, 5.41) is 20.5. The summed E-state index contributed by atoms with van der Waals surface area (Å²) in [6, 6.07) is 0. The third-order valence-electron chi connectivity index (χ3n) is 1.93. The molecule has 0 amide bonds. The van der Waals surface area contributed by atoms with E-state index in [1.807, 2.05) is 6.92 Å². The van der Waals surface area contributed by atoms with Crippen molar-refractivity contribution >= 4 is 5.97 Å². The Labute approximate surface area is 72.6 Å². The minimum absolute atomic E-state index is 0.0387. The normalized spacial score (nSPS) is 14.3. The first-order valence-corrected chi connectivity index (χ1v) is 3.99. The van der Waals surface area contributed by atoms with Gasteiger partial charge in [0.05, 0.1) is 12.1 Å². The minimum Gasteiger partial charge on any atom is -0.480 e. The number of aliphatic carboxylic acids is 1. The fourth-order valence-corrected chi connectivity index (χ4v) is 0.645. The van der Waals surface area contributed by atoms with Crippen LogP contribution in [-0.2, 0) is 4.79 Å². The molecule has 0 saturated carbocycles. The van der Waals surface area contributed by atoms with Gasteiger partial charge in [0.2, 0.25) is 0 Å². The Kier molecular flexibility index (Phi) is 4.20. The molecular weight excluding hydrogens is 158 g/mol. The van der Waals surface area contributed by atoms with Gasteiger partial charge in [-0.15, -0.1) is 0 Å². The van der Waals surface area contributed by atoms with Crippen molar-refractivity contribution in [1.82, 2.24) is 5.32 Å². The van der Waals surface area contributed by atoms with Crippen LogP contribution in [0.2, 0.25) is 0 Å². The van der Waals surface area contributed by atoms with Crippen LogP contribution in [0.1, 0.15) is 20.8 Å². The number of carbonyl (C=O) groups is 1. The van der Waals surface area contributed by atoms with Crippen molar-refractivity contribution < 1.29 is 15.0 Å². The number of carboxylic acids is 1. The molecule has 3 N–H and O–H groups in total. The summed E-state index contributed by atoms with van der Waals surface area (Å²) < 4.78 is 0. The highest BCUT2D eigenvalue weighted by Crippen LogP contribution is 2.13. The Balaban J connectivity index is 3.58. The molecule has 1 unspecified atom stereocenters. The number of hydrogen-bond acceptors (Lipinski definition) is 3. The molecule has 0 bridgehead atoms. The third kappa shape index (κ3) is 5.09. The molecule has 0 saturated heterocycles. The highest BCUT2D eigenvalue weighted by Gasteiger charge is 2.21. The van der Waals surface area contributed by atoms with Crippen LogP contribution in [0, 0.1) is 5.92 Å². The van der Waals surface area contributed by atoms with Crippen molar-refractivity contribution in [3.05, 3.63) is 0 Å². The Morgan fingerprint density at radius 3 is 2.42 bits per heavy atom. The maximum absolute atomic E-state index is 10.1. The second-order valence-corrected chi connectivity index (χ2v) is 3.58. The molecule has 0 aliphatic rings. The van der Waals surface area contributed by atoms with Crippen LogP contribution >= 0.6 is 0 Å². The highest BCUT2D eigenvalue weighted by atomic mass is 16.4. The Hall–Kier alpha value is -0.610. The van der Waals surface area contributed by atoms with E-state index in [1.165, 1.54) is 0 Å². The van der Waals surface area contributed by atoms with E-state index in [0.29, 0.717) is 6.54 Å². The fourth-order valence-electron chi connectivity index (χ4n) is 0.645. The van der Waals surface area contributed by atoms with Gasteiger partial charge < -0.3 is 15.5 Å². The van der Waals surface area contributed by atoms with Crippen LogP contribution in [0.5, 0.6) is 0 Å². The summed E-state index contributed by atoms with van der Waals surface area (Å²) in [6.07, 6.45) is 0. The first-order valence-electron chi connectivity index (χ1n) is 3.99. The number of nitrogens with one attached hydrogen (secondary N) is 1. The lowest BCUT2D eigenvalue weighted by Gasteiger charge is -2.25. The Morgan fingerprint density at radius 1 is 1.58 bits per heavy atom. The second kappa shape index (κ2) is 4.42. The van der Waals surface area contributed by atoms with Gasteiger partial charge in [-0.3, -0.25) is 4.79 Å². The Bertz CT molecular complexity index is 151. The molecule has 0 aromatic heterocycles. The molecule has 1 atom stereocenters. The lowest BCUT2D eigenvalue weighted by Crippen LogP contribution is -2.38. The van der Waals surface area contributed by atoms with Crippen molar-refractivity contribution in [2.24, 2.45) is 5.92 Å². The quantitative estimate of drug-likeness (QED) is 0.553. The minimum atomic E-state index is -0.877. The summed E-state index contributed by atoms with van der Waals surface area (Å²) in [5.41, 5.74) is -0.758. The van der Waals surface area contributed by atoms with Crippen molar-refractivity contribution in [2.45, 2.75) is 26.4 Å². The Morgan fingerprint density at radius 2 is 2.08 bits per heavy atom. The SMILES string of the molecule is CC(CNCC(=O)O)C(C)(C)O. The largest absolute Gasteiger partial charge is 0.480 e. The topological polar surface area (TPSA) is 69.6 Å². The number of aliphatic hydroxyl groups is 1. The molecule has 12 heavy (non-hydrogen) atoms. The molecule has 0 radical (unpaired) electrons. The van der Waals surface area contributed by atoms with E-state index >= 15 is 0 Å². The zero-order chi connectivity index (χ0) is 9.78. The molecule has 4 heteroatoms. The first-order chi connectivity index (χ1) is 5.34. The van der Waals surface area contributed by atoms with E-state index in [9.17, 15) is 9.90 Å². The molecule has 0 rings (SSSR count). The standard InChI is InChI=1S/C8H17NO3/c1-6(8(2,3)12)4-9-5-7(10)11/h6,9,12H,4-5H2,1-3H3,(H,10,11). The van der Waals surface area contributed by atoms with Crippen LogP contribution in [0.25, 0.3) is 0 Å². The van der Waals surface area contributed by atoms with E-state index in [0.717, 1.165) is 0 Å². The lowest BCUT2D eigenvalue weighted by molar-refractivity contribution is -0.136. The van der Waals surface area contributed by atoms with Gasteiger partial charge in [-0.2, -0.15) is 0 Å². The van der Waals surface area contributed by atoms with Gasteiger partial charge in [-0.05, 0) is 19.8 Å².